The van der Waals surface area contributed by atoms with Gasteiger partial charge in [0.1, 0.15) is 17.7 Å². The smallest absolute Gasteiger partial charge is 0.330 e. The molecule has 4 N–H and O–H groups in total. The molecule has 314 valence electrons. The van der Waals surface area contributed by atoms with E-state index in [0.29, 0.717) is 19.3 Å². The van der Waals surface area contributed by atoms with E-state index in [-0.39, 0.29) is 47.6 Å². The van der Waals surface area contributed by atoms with Crippen LogP contribution in [-0.4, -0.2) is 86.5 Å². The molecule has 0 radical (unpaired) electrons. The van der Waals surface area contributed by atoms with E-state index in [1.165, 1.54) is 6.08 Å². The topological polar surface area (TPSA) is 160 Å². The summed E-state index contributed by atoms with van der Waals surface area (Å²) in [7, 11) is 0. The third-order valence-corrected chi connectivity index (χ3v) is 13.4. The van der Waals surface area contributed by atoms with Crippen LogP contribution in [-0.2, 0) is 28.6 Å². The number of ketones is 2. The van der Waals surface area contributed by atoms with Crippen molar-refractivity contribution < 1.29 is 49.0 Å². The largest absolute Gasteiger partial charge is 0.458 e. The second-order valence-corrected chi connectivity index (χ2v) is 17.7. The summed E-state index contributed by atoms with van der Waals surface area (Å²) < 4.78 is 20.0. The molecular weight excluding hydrogens is 700 g/mol. The average molecular weight is 775 g/mol. The Morgan fingerprint density at radius 1 is 0.764 bits per heavy atom. The van der Waals surface area contributed by atoms with E-state index in [2.05, 4.69) is 26.8 Å². The minimum absolute atomic E-state index is 0.144. The maximum atomic E-state index is 13.5. The van der Waals surface area contributed by atoms with E-state index in [9.17, 15) is 34.8 Å². The molecule has 0 aromatic heterocycles. The number of carbonyl (C=O) groups excluding carboxylic acids is 3. The van der Waals surface area contributed by atoms with Crippen LogP contribution >= 0.6 is 0 Å². The van der Waals surface area contributed by atoms with Crippen LogP contribution in [0.5, 0.6) is 0 Å². The first-order chi connectivity index (χ1) is 25.8. The Labute approximate surface area is 331 Å². The quantitative estimate of drug-likeness (QED) is 0.226. The van der Waals surface area contributed by atoms with Gasteiger partial charge < -0.3 is 34.6 Å². The fraction of sp³-hybridized carbons (Fsp3) is 0.800. The van der Waals surface area contributed by atoms with Gasteiger partial charge in [-0.25, -0.2) is 4.79 Å². The van der Waals surface area contributed by atoms with Gasteiger partial charge in [-0.1, -0.05) is 99.6 Å². The predicted octanol–water partition coefficient (Wildman–Crippen LogP) is 6.77. The van der Waals surface area contributed by atoms with Gasteiger partial charge in [-0.15, -0.1) is 0 Å². The zero-order valence-electron chi connectivity index (χ0n) is 35.5. The fourth-order valence-electron chi connectivity index (χ4n) is 8.95. The van der Waals surface area contributed by atoms with Crippen LogP contribution in [0.1, 0.15) is 121 Å². The lowest BCUT2D eigenvalue weighted by Gasteiger charge is -2.55. The average Bonchev–Trinajstić information content (AvgIpc) is 3.16. The molecule has 10 heteroatoms. The van der Waals surface area contributed by atoms with Crippen molar-refractivity contribution in [2.24, 2.45) is 59.2 Å². The highest BCUT2D eigenvalue weighted by molar-refractivity contribution is 5.87. The molecule has 3 heterocycles. The number of hydrogen-bond donors (Lipinski definition) is 4. The van der Waals surface area contributed by atoms with E-state index in [1.54, 1.807) is 47.6 Å². The Bertz CT molecular complexity index is 1340. The van der Waals surface area contributed by atoms with Gasteiger partial charge in [-0.3, -0.25) is 9.59 Å². The Hall–Kier alpha value is -2.21. The molecule has 55 heavy (non-hydrogen) atoms. The zero-order valence-corrected chi connectivity index (χ0v) is 35.5. The summed E-state index contributed by atoms with van der Waals surface area (Å²) in [5, 5.41) is 43.8. The van der Waals surface area contributed by atoms with Gasteiger partial charge in [0, 0.05) is 53.9 Å². The molecule has 3 rings (SSSR count). The van der Waals surface area contributed by atoms with E-state index in [0.717, 1.165) is 25.7 Å². The molecule has 18 atom stereocenters. The highest BCUT2D eigenvalue weighted by Gasteiger charge is 2.56. The summed E-state index contributed by atoms with van der Waals surface area (Å²) in [6.45, 7) is 20.1. The molecule has 0 aliphatic carbocycles. The first kappa shape index (κ1) is 47.2. The fourth-order valence-corrected chi connectivity index (χ4v) is 8.95. The minimum Gasteiger partial charge on any atom is -0.458 e. The minimum atomic E-state index is -1.30. The van der Waals surface area contributed by atoms with Gasteiger partial charge in [0.25, 0.3) is 0 Å². The third-order valence-electron chi connectivity index (χ3n) is 13.4. The van der Waals surface area contributed by atoms with Gasteiger partial charge in [-0.05, 0) is 63.2 Å². The molecule has 10 nitrogen and oxygen atoms in total. The molecule has 1 spiro atoms. The van der Waals surface area contributed by atoms with Crippen molar-refractivity contribution in [3.8, 4) is 0 Å². The number of carbonyl (C=O) groups is 3. The first-order valence-corrected chi connectivity index (χ1v) is 21.1. The van der Waals surface area contributed by atoms with Crippen LogP contribution in [0.4, 0.5) is 0 Å². The third kappa shape index (κ3) is 11.9. The number of esters is 1. The predicted molar refractivity (Wildman–Crippen MR) is 213 cm³/mol. The first-order valence-electron chi connectivity index (χ1n) is 21.1. The Kier molecular flexibility index (Phi) is 18.0. The monoisotopic (exact) mass is 775 g/mol. The van der Waals surface area contributed by atoms with Crippen molar-refractivity contribution in [1.82, 2.24) is 0 Å². The summed E-state index contributed by atoms with van der Waals surface area (Å²) in [5.74, 6) is -6.53. The van der Waals surface area contributed by atoms with Crippen molar-refractivity contribution in [3.63, 3.8) is 0 Å². The number of rotatable bonds is 3. The highest BCUT2D eigenvalue weighted by Crippen LogP contribution is 2.49. The summed E-state index contributed by atoms with van der Waals surface area (Å²) in [6.07, 6.45) is 11.1. The van der Waals surface area contributed by atoms with Crippen LogP contribution in [0.2, 0.25) is 0 Å². The molecule has 0 aromatic carbocycles. The molecular formula is C45H74O10. The Balaban J connectivity index is 1.97. The van der Waals surface area contributed by atoms with Crippen molar-refractivity contribution in [3.05, 3.63) is 36.5 Å². The van der Waals surface area contributed by atoms with Gasteiger partial charge in [0.2, 0.25) is 0 Å². The maximum Gasteiger partial charge on any atom is 0.330 e. The molecule has 0 aromatic rings. The van der Waals surface area contributed by atoms with Crippen molar-refractivity contribution in [2.45, 2.75) is 170 Å². The molecule has 0 saturated carbocycles. The lowest BCUT2D eigenvalue weighted by Crippen LogP contribution is -2.62. The van der Waals surface area contributed by atoms with Crippen molar-refractivity contribution in [2.75, 3.05) is 0 Å². The summed E-state index contributed by atoms with van der Waals surface area (Å²) in [5.41, 5.74) is 0. The van der Waals surface area contributed by atoms with Crippen LogP contribution in [0.3, 0.4) is 0 Å². The molecule has 2 saturated heterocycles. The van der Waals surface area contributed by atoms with Crippen LogP contribution in [0.25, 0.3) is 0 Å². The number of aliphatic hydroxyl groups excluding tert-OH is 4. The SMILES string of the molecule is CCC1/C=C\C=C/CC(C)C(O)C(C)C(=O)C(C)C(O)C(C)C(=O)C(C)C(O)C(C)/C=C\C(=O)OC2C(C)C(CC1)OC1(CCC(C)C(CC(C)O)O1)C2C. The molecule has 0 amide bonds. The number of allylic oxidation sites excluding steroid dienone is 4. The normalized spacial score (nSPS) is 46.1. The van der Waals surface area contributed by atoms with Crippen molar-refractivity contribution in [1.29, 1.82) is 0 Å². The number of ether oxygens (including phenoxy) is 3. The van der Waals surface area contributed by atoms with Gasteiger partial charge >= 0.3 is 5.97 Å². The number of fused-ring (bicyclic) bond motifs is 2. The molecule has 2 bridgehead atoms. The van der Waals surface area contributed by atoms with E-state index < -0.39 is 77.6 Å². The lowest BCUT2D eigenvalue weighted by molar-refractivity contribution is -0.371. The molecule has 2 fully saturated rings. The Morgan fingerprint density at radius 3 is 1.96 bits per heavy atom. The number of Topliss-reactive ketones (excluding diaryl/α,β-unsaturated/α-hetero) is 2. The number of hydrogen-bond acceptors (Lipinski definition) is 10. The second-order valence-electron chi connectivity index (χ2n) is 17.7. The maximum absolute atomic E-state index is 13.5. The van der Waals surface area contributed by atoms with Gasteiger partial charge in [-0.2, -0.15) is 0 Å². The summed E-state index contributed by atoms with van der Waals surface area (Å²) in [6, 6.07) is 0. The Morgan fingerprint density at radius 2 is 1.36 bits per heavy atom. The summed E-state index contributed by atoms with van der Waals surface area (Å²) in [4.78, 5) is 40.4. The van der Waals surface area contributed by atoms with Gasteiger partial charge in [0.15, 0.2) is 5.79 Å². The van der Waals surface area contributed by atoms with Gasteiger partial charge in [0.05, 0.1) is 36.6 Å². The second kappa shape index (κ2) is 21.0. The van der Waals surface area contributed by atoms with E-state index in [4.69, 9.17) is 14.2 Å². The summed E-state index contributed by atoms with van der Waals surface area (Å²) >= 11 is 0. The molecule has 3 aliphatic heterocycles. The van der Waals surface area contributed by atoms with E-state index in [1.807, 2.05) is 32.1 Å². The molecule has 3 aliphatic rings. The van der Waals surface area contributed by atoms with Crippen LogP contribution in [0.15, 0.2) is 36.5 Å². The highest BCUT2D eigenvalue weighted by atomic mass is 16.7. The van der Waals surface area contributed by atoms with Crippen LogP contribution < -0.4 is 0 Å². The standard InChI is InChI=1S/C45H74O10/c1-12-35-17-15-13-14-16-26(3)39(48)30(7)41(50)32(9)43(52)33(10)42(51)31(8)40(49)27(4)18-21-38(47)53-44-29(6)36(20-19-35)54-45(34(44)11)23-22-25(2)37(55-45)24-28(5)46/h13-15,17-18,21,25-37,39-40,43-44,46,48-49,52H,12,16,19-20,22-24H2,1-11H3/b14-13-,17-15-,21-18-. The number of aliphatic hydroxyl groups is 4. The zero-order chi connectivity index (χ0) is 41.4. The molecule has 18 unspecified atom stereocenters. The van der Waals surface area contributed by atoms with E-state index >= 15 is 0 Å². The van der Waals surface area contributed by atoms with Crippen LogP contribution in [0, 0.1) is 59.2 Å². The lowest BCUT2D eigenvalue weighted by atomic mass is 9.74. The van der Waals surface area contributed by atoms with Crippen molar-refractivity contribution >= 4 is 17.5 Å².